The molecule has 1 fully saturated rings. The number of piperazine rings is 1. The van der Waals surface area contributed by atoms with Crippen molar-refractivity contribution in [2.45, 2.75) is 39.1 Å². The van der Waals surface area contributed by atoms with Gasteiger partial charge in [0, 0.05) is 37.8 Å². The molecule has 0 atom stereocenters. The maximum absolute atomic E-state index is 12.5. The van der Waals surface area contributed by atoms with E-state index in [0.717, 1.165) is 25.9 Å². The summed E-state index contributed by atoms with van der Waals surface area (Å²) in [6, 6.07) is 5.62. The monoisotopic (exact) mass is 380 g/mol. The largest absolute Gasteiger partial charge is 0.573 e. The number of carbonyl (C=O) groups excluding carboxylic acids is 1. The van der Waals surface area contributed by atoms with Crippen molar-refractivity contribution in [2.75, 3.05) is 26.2 Å². The highest BCUT2D eigenvalue weighted by Gasteiger charge is 2.31. The molecule has 0 saturated carbocycles. The molecule has 8 heteroatoms. The van der Waals surface area contributed by atoms with Gasteiger partial charge in [-0.25, -0.2) is 0 Å². The minimum atomic E-state index is -4.73. The maximum Gasteiger partial charge on any atom is 0.573 e. The fourth-order valence-corrected chi connectivity index (χ4v) is 3.08. The summed E-state index contributed by atoms with van der Waals surface area (Å²) in [5.74, 6) is -0.477. The first-order valence-corrected chi connectivity index (χ1v) is 8.23. The van der Waals surface area contributed by atoms with Gasteiger partial charge < -0.3 is 9.64 Å². The Kier molecular flexibility index (Phi) is 8.02. The molecule has 0 unspecified atom stereocenters. The van der Waals surface area contributed by atoms with Crippen LogP contribution in [0.2, 0.25) is 0 Å². The molecule has 1 heterocycles. The van der Waals surface area contributed by atoms with Crippen LogP contribution in [0.5, 0.6) is 5.75 Å². The van der Waals surface area contributed by atoms with Gasteiger partial charge in [0.05, 0.1) is 0 Å². The lowest BCUT2D eigenvalue weighted by Crippen LogP contribution is -2.51. The molecule has 0 radical (unpaired) electrons. The van der Waals surface area contributed by atoms with Gasteiger partial charge in [-0.05, 0) is 37.1 Å². The van der Waals surface area contributed by atoms with E-state index in [-0.39, 0.29) is 24.1 Å². The number of halogens is 4. The molecule has 0 N–H and O–H groups in total. The van der Waals surface area contributed by atoms with Crippen LogP contribution in [0.1, 0.15) is 37.0 Å². The Morgan fingerprint density at radius 2 is 1.60 bits per heavy atom. The minimum Gasteiger partial charge on any atom is -0.406 e. The normalized spacial score (nSPS) is 15.8. The van der Waals surface area contributed by atoms with E-state index in [1.165, 1.54) is 24.3 Å². The summed E-state index contributed by atoms with van der Waals surface area (Å²) in [5, 5.41) is 0. The van der Waals surface area contributed by atoms with Crippen molar-refractivity contribution >= 4 is 18.3 Å². The Bertz CT molecular complexity index is 540. The van der Waals surface area contributed by atoms with Crippen molar-refractivity contribution in [2.24, 2.45) is 0 Å². The molecule has 0 spiro atoms. The van der Waals surface area contributed by atoms with Crippen molar-refractivity contribution in [3.63, 3.8) is 0 Å². The van der Waals surface area contributed by atoms with E-state index in [1.807, 2.05) is 0 Å². The molecular weight excluding hydrogens is 357 g/mol. The quantitative estimate of drug-likeness (QED) is 0.775. The lowest BCUT2D eigenvalue weighted by atomic mass is 10.1. The zero-order valence-corrected chi connectivity index (χ0v) is 15.2. The molecule has 1 saturated heterocycles. The summed E-state index contributed by atoms with van der Waals surface area (Å²) in [5.41, 5.74) is 0.375. The zero-order chi connectivity index (χ0) is 17.7. The zero-order valence-electron chi connectivity index (χ0n) is 14.4. The molecule has 0 aliphatic carbocycles. The number of carbonyl (C=O) groups is 1. The molecule has 0 bridgehead atoms. The molecule has 1 amide bonds. The highest BCUT2D eigenvalue weighted by molar-refractivity contribution is 5.94. The third kappa shape index (κ3) is 6.08. The molecule has 25 heavy (non-hydrogen) atoms. The van der Waals surface area contributed by atoms with Crippen molar-refractivity contribution in [3.8, 4) is 5.75 Å². The van der Waals surface area contributed by atoms with Gasteiger partial charge in [-0.1, -0.05) is 13.8 Å². The number of rotatable bonds is 5. The van der Waals surface area contributed by atoms with Crippen LogP contribution in [0.25, 0.3) is 0 Å². The third-order valence-electron chi connectivity index (χ3n) is 4.40. The van der Waals surface area contributed by atoms with Gasteiger partial charge in [-0.2, -0.15) is 0 Å². The van der Waals surface area contributed by atoms with Gasteiger partial charge in [0.2, 0.25) is 0 Å². The molecule has 1 aromatic carbocycles. The Balaban J connectivity index is 0.00000312. The third-order valence-corrected chi connectivity index (χ3v) is 4.40. The van der Waals surface area contributed by atoms with Gasteiger partial charge in [0.15, 0.2) is 0 Å². The first kappa shape index (κ1) is 21.6. The summed E-state index contributed by atoms with van der Waals surface area (Å²) in [4.78, 5) is 16.6. The number of amides is 1. The van der Waals surface area contributed by atoms with Crippen LogP contribution in [0.4, 0.5) is 13.2 Å². The Hall–Kier alpha value is -1.47. The second-order valence-corrected chi connectivity index (χ2v) is 5.87. The van der Waals surface area contributed by atoms with Gasteiger partial charge in [0.25, 0.3) is 5.91 Å². The number of nitrogens with zero attached hydrogens (tertiary/aromatic N) is 2. The second kappa shape index (κ2) is 9.29. The van der Waals surface area contributed by atoms with E-state index in [0.29, 0.717) is 24.7 Å². The van der Waals surface area contributed by atoms with Crippen LogP contribution >= 0.6 is 12.4 Å². The van der Waals surface area contributed by atoms with Crippen LogP contribution < -0.4 is 4.74 Å². The van der Waals surface area contributed by atoms with Crippen molar-refractivity contribution in [3.05, 3.63) is 29.8 Å². The van der Waals surface area contributed by atoms with E-state index in [1.54, 1.807) is 4.90 Å². The predicted octanol–water partition coefficient (Wildman–Crippen LogP) is 3.95. The molecular formula is C17H24ClF3N2O2. The van der Waals surface area contributed by atoms with Gasteiger partial charge in [-0.3, -0.25) is 9.69 Å². The highest BCUT2D eigenvalue weighted by Crippen LogP contribution is 2.23. The number of hydrogen-bond donors (Lipinski definition) is 0. The number of ether oxygens (including phenoxy) is 1. The molecule has 1 aliphatic heterocycles. The first-order chi connectivity index (χ1) is 11.3. The Labute approximate surface area is 152 Å². The standard InChI is InChI=1S/C17H23F3N2O2.ClH/c1-3-14(4-2)21-9-11-22(12-10-21)16(23)13-5-7-15(8-6-13)24-17(18,19)20;/h5-8,14H,3-4,9-12H2,1-2H3;1H. The summed E-state index contributed by atoms with van der Waals surface area (Å²) < 4.78 is 40.3. The van der Waals surface area contributed by atoms with E-state index >= 15 is 0 Å². The smallest absolute Gasteiger partial charge is 0.406 e. The summed E-state index contributed by atoms with van der Waals surface area (Å²) >= 11 is 0. The van der Waals surface area contributed by atoms with E-state index in [2.05, 4.69) is 23.5 Å². The van der Waals surface area contributed by atoms with Crippen LogP contribution in [-0.4, -0.2) is 54.3 Å². The van der Waals surface area contributed by atoms with Crippen molar-refractivity contribution < 1.29 is 22.7 Å². The van der Waals surface area contributed by atoms with E-state index in [9.17, 15) is 18.0 Å². The fraction of sp³-hybridized carbons (Fsp3) is 0.588. The Morgan fingerprint density at radius 3 is 2.04 bits per heavy atom. The lowest BCUT2D eigenvalue weighted by molar-refractivity contribution is -0.274. The van der Waals surface area contributed by atoms with Gasteiger partial charge in [0.1, 0.15) is 5.75 Å². The lowest BCUT2D eigenvalue weighted by Gasteiger charge is -2.38. The van der Waals surface area contributed by atoms with Crippen LogP contribution in [0, 0.1) is 0 Å². The second-order valence-electron chi connectivity index (χ2n) is 5.87. The maximum atomic E-state index is 12.5. The Morgan fingerprint density at radius 1 is 1.08 bits per heavy atom. The van der Waals surface area contributed by atoms with Crippen LogP contribution in [0.15, 0.2) is 24.3 Å². The highest BCUT2D eigenvalue weighted by atomic mass is 35.5. The van der Waals surface area contributed by atoms with Crippen LogP contribution in [0.3, 0.4) is 0 Å². The number of alkyl halides is 3. The average Bonchev–Trinajstić information content (AvgIpc) is 2.55. The summed E-state index contributed by atoms with van der Waals surface area (Å²) in [7, 11) is 0. The van der Waals surface area contributed by atoms with Crippen molar-refractivity contribution in [1.29, 1.82) is 0 Å². The number of hydrogen-bond acceptors (Lipinski definition) is 3. The summed E-state index contributed by atoms with van der Waals surface area (Å²) in [6.45, 7) is 7.25. The van der Waals surface area contributed by atoms with Crippen LogP contribution in [-0.2, 0) is 0 Å². The fourth-order valence-electron chi connectivity index (χ4n) is 3.08. The number of benzene rings is 1. The predicted molar refractivity (Wildman–Crippen MR) is 92.2 cm³/mol. The molecule has 1 aliphatic rings. The first-order valence-electron chi connectivity index (χ1n) is 8.23. The molecule has 4 nitrogen and oxygen atoms in total. The van der Waals surface area contributed by atoms with E-state index in [4.69, 9.17) is 0 Å². The average molecular weight is 381 g/mol. The van der Waals surface area contributed by atoms with Crippen molar-refractivity contribution in [1.82, 2.24) is 9.80 Å². The van der Waals surface area contributed by atoms with Gasteiger partial charge >= 0.3 is 6.36 Å². The van der Waals surface area contributed by atoms with Gasteiger partial charge in [-0.15, -0.1) is 25.6 Å². The molecule has 142 valence electrons. The SMILES string of the molecule is CCC(CC)N1CCN(C(=O)c2ccc(OC(F)(F)F)cc2)CC1.Cl. The topological polar surface area (TPSA) is 32.8 Å². The summed E-state index contributed by atoms with van der Waals surface area (Å²) in [6.07, 6.45) is -2.55. The molecule has 0 aromatic heterocycles. The molecule has 2 rings (SSSR count). The minimum absolute atomic E-state index is 0. The van der Waals surface area contributed by atoms with E-state index < -0.39 is 6.36 Å². The molecule has 1 aromatic rings.